The first kappa shape index (κ1) is 23.8. The molecule has 1 heterocycles. The number of carbonyl (C=O) groups is 1. The molecule has 0 aliphatic heterocycles. The molecule has 3 aromatic carbocycles. The van der Waals surface area contributed by atoms with Gasteiger partial charge < -0.3 is 14.8 Å². The summed E-state index contributed by atoms with van der Waals surface area (Å²) in [4.78, 5) is 25.2. The van der Waals surface area contributed by atoms with Crippen molar-refractivity contribution in [2.75, 3.05) is 7.11 Å². The molecule has 0 saturated carbocycles. The molecule has 7 nitrogen and oxygen atoms in total. The van der Waals surface area contributed by atoms with Crippen LogP contribution >= 0.6 is 0 Å². The number of nitrogens with zero attached hydrogens (tertiary/aromatic N) is 2. The first-order valence-corrected chi connectivity index (χ1v) is 11.3. The maximum Gasteiger partial charge on any atom is 0.267 e. The lowest BCUT2D eigenvalue weighted by Gasteiger charge is -2.15. The lowest BCUT2D eigenvalue weighted by molar-refractivity contribution is -0.124. The van der Waals surface area contributed by atoms with E-state index in [0.29, 0.717) is 18.8 Å². The first-order valence-electron chi connectivity index (χ1n) is 11.3. The van der Waals surface area contributed by atoms with E-state index in [1.54, 1.807) is 20.1 Å². The molecule has 1 aromatic heterocycles. The third-order valence-electron chi connectivity index (χ3n) is 5.60. The van der Waals surface area contributed by atoms with Gasteiger partial charge in [-0.3, -0.25) is 9.59 Å². The lowest BCUT2D eigenvalue weighted by Crippen LogP contribution is -2.36. The number of amides is 1. The van der Waals surface area contributed by atoms with Gasteiger partial charge in [-0.05, 0) is 60.5 Å². The highest BCUT2D eigenvalue weighted by atomic mass is 16.5. The van der Waals surface area contributed by atoms with Crippen molar-refractivity contribution in [1.29, 1.82) is 0 Å². The van der Waals surface area contributed by atoms with Gasteiger partial charge in [0.25, 0.3) is 5.56 Å². The van der Waals surface area contributed by atoms with Crippen LogP contribution < -0.4 is 20.3 Å². The van der Waals surface area contributed by atoms with Crippen molar-refractivity contribution in [3.8, 4) is 22.8 Å². The maximum absolute atomic E-state index is 12.8. The van der Waals surface area contributed by atoms with E-state index in [1.165, 1.54) is 10.7 Å². The van der Waals surface area contributed by atoms with Crippen LogP contribution in [0.25, 0.3) is 11.3 Å². The van der Waals surface area contributed by atoms with Gasteiger partial charge in [0, 0.05) is 18.2 Å². The Bertz CT molecular complexity index is 1320. The van der Waals surface area contributed by atoms with Gasteiger partial charge >= 0.3 is 0 Å². The van der Waals surface area contributed by atoms with Gasteiger partial charge in [-0.25, -0.2) is 4.68 Å². The van der Waals surface area contributed by atoms with Crippen molar-refractivity contribution in [3.05, 3.63) is 112 Å². The summed E-state index contributed by atoms with van der Waals surface area (Å²) >= 11 is 0. The second kappa shape index (κ2) is 11.2. The van der Waals surface area contributed by atoms with Crippen LogP contribution in [0.1, 0.15) is 24.1 Å². The minimum Gasteiger partial charge on any atom is -0.497 e. The number of benzene rings is 3. The fraction of sp³-hybridized carbons (Fsp3) is 0.179. The quantitative estimate of drug-likeness (QED) is 0.394. The van der Waals surface area contributed by atoms with E-state index in [4.69, 9.17) is 9.47 Å². The number of hydrogen-bond donors (Lipinski definition) is 1. The highest BCUT2D eigenvalue weighted by Gasteiger charge is 2.18. The first-order chi connectivity index (χ1) is 17.0. The Labute approximate surface area is 204 Å². The molecule has 4 rings (SSSR count). The summed E-state index contributed by atoms with van der Waals surface area (Å²) in [5, 5.41) is 7.30. The predicted molar refractivity (Wildman–Crippen MR) is 134 cm³/mol. The van der Waals surface area contributed by atoms with Gasteiger partial charge in [-0.2, -0.15) is 5.10 Å². The van der Waals surface area contributed by atoms with E-state index >= 15 is 0 Å². The monoisotopic (exact) mass is 469 g/mol. The van der Waals surface area contributed by atoms with Gasteiger partial charge in [0.1, 0.15) is 24.1 Å². The second-order valence-electron chi connectivity index (χ2n) is 8.04. The number of nitrogens with one attached hydrogen (secondary N) is 1. The van der Waals surface area contributed by atoms with Crippen LogP contribution in [0.4, 0.5) is 0 Å². The Morgan fingerprint density at radius 2 is 1.57 bits per heavy atom. The van der Waals surface area contributed by atoms with Crippen LogP contribution in [0.3, 0.4) is 0 Å². The Balaban J connectivity index is 1.36. The van der Waals surface area contributed by atoms with Crippen molar-refractivity contribution in [1.82, 2.24) is 15.1 Å². The number of aromatic nitrogens is 2. The van der Waals surface area contributed by atoms with Crippen LogP contribution in [-0.2, 0) is 17.9 Å². The zero-order chi connectivity index (χ0) is 24.6. The smallest absolute Gasteiger partial charge is 0.267 e. The van der Waals surface area contributed by atoms with Gasteiger partial charge in [-0.1, -0.05) is 42.5 Å². The average Bonchev–Trinajstić information content (AvgIpc) is 2.91. The summed E-state index contributed by atoms with van der Waals surface area (Å²) in [5.41, 5.74) is 3.09. The molecule has 0 aliphatic rings. The molecule has 1 atom stereocenters. The van der Waals surface area contributed by atoms with E-state index in [0.717, 1.165) is 28.2 Å². The zero-order valence-corrected chi connectivity index (χ0v) is 19.7. The summed E-state index contributed by atoms with van der Waals surface area (Å²) < 4.78 is 12.2. The van der Waals surface area contributed by atoms with Crippen molar-refractivity contribution in [3.63, 3.8) is 0 Å². The molecule has 1 unspecified atom stereocenters. The molecular formula is C28H27N3O4. The van der Waals surface area contributed by atoms with Crippen molar-refractivity contribution in [2.24, 2.45) is 0 Å². The molecule has 0 aliphatic carbocycles. The Hall–Kier alpha value is -4.39. The fourth-order valence-corrected chi connectivity index (χ4v) is 3.51. The summed E-state index contributed by atoms with van der Waals surface area (Å²) in [7, 11) is 1.60. The molecule has 7 heteroatoms. The summed E-state index contributed by atoms with van der Waals surface area (Å²) in [6.07, 6.45) is 0. The summed E-state index contributed by atoms with van der Waals surface area (Å²) in [6.45, 7) is 2.48. The highest BCUT2D eigenvalue weighted by Crippen LogP contribution is 2.20. The molecule has 35 heavy (non-hydrogen) atoms. The molecule has 1 amide bonds. The molecule has 178 valence electrons. The molecule has 1 N–H and O–H groups in total. The summed E-state index contributed by atoms with van der Waals surface area (Å²) in [6, 6.07) is 27.1. The van der Waals surface area contributed by atoms with Gasteiger partial charge in [-0.15, -0.1) is 0 Å². The third kappa shape index (κ3) is 6.14. The second-order valence-corrected chi connectivity index (χ2v) is 8.04. The van der Waals surface area contributed by atoms with Crippen molar-refractivity contribution in [2.45, 2.75) is 26.1 Å². The summed E-state index contributed by atoms with van der Waals surface area (Å²) in [5.74, 6) is 1.19. The fourth-order valence-electron chi connectivity index (χ4n) is 3.51. The normalized spacial score (nSPS) is 11.5. The highest BCUT2D eigenvalue weighted by molar-refractivity contribution is 5.79. The molecule has 0 spiro atoms. The van der Waals surface area contributed by atoms with E-state index in [9.17, 15) is 9.59 Å². The van der Waals surface area contributed by atoms with E-state index in [2.05, 4.69) is 10.4 Å². The standard InChI is InChI=1S/C28H27N3O4/c1-20(31-27(32)17-16-26(30-31)23-10-14-24(34-2)15-11-23)28(33)29-18-21-8-12-25(13-9-21)35-19-22-6-4-3-5-7-22/h3-17,20H,18-19H2,1-2H3,(H,29,33). The van der Waals surface area contributed by atoms with Crippen LogP contribution in [0.15, 0.2) is 95.8 Å². The van der Waals surface area contributed by atoms with Crippen LogP contribution in [0.2, 0.25) is 0 Å². The van der Waals surface area contributed by atoms with E-state index in [1.807, 2.05) is 78.9 Å². The van der Waals surface area contributed by atoms with Crippen LogP contribution in [0, 0.1) is 0 Å². The Kier molecular flexibility index (Phi) is 7.57. The number of ether oxygens (including phenoxy) is 2. The average molecular weight is 470 g/mol. The molecule has 0 fully saturated rings. The minimum atomic E-state index is -0.769. The molecule has 4 aromatic rings. The van der Waals surface area contributed by atoms with Crippen molar-refractivity contribution < 1.29 is 14.3 Å². The van der Waals surface area contributed by atoms with Crippen LogP contribution in [-0.4, -0.2) is 22.8 Å². The minimum absolute atomic E-state index is 0.295. The largest absolute Gasteiger partial charge is 0.497 e. The molecule has 0 radical (unpaired) electrons. The number of methoxy groups -OCH3 is 1. The van der Waals surface area contributed by atoms with Gasteiger partial charge in [0.2, 0.25) is 5.91 Å². The third-order valence-corrected chi connectivity index (χ3v) is 5.60. The Morgan fingerprint density at radius 1 is 0.886 bits per heavy atom. The van der Waals surface area contributed by atoms with Crippen molar-refractivity contribution >= 4 is 5.91 Å². The molecule has 0 bridgehead atoms. The van der Waals surface area contributed by atoms with Gasteiger partial charge in [0.15, 0.2) is 0 Å². The van der Waals surface area contributed by atoms with Gasteiger partial charge in [0.05, 0.1) is 12.8 Å². The molecule has 0 saturated heterocycles. The van der Waals surface area contributed by atoms with E-state index in [-0.39, 0.29) is 11.5 Å². The maximum atomic E-state index is 12.8. The SMILES string of the molecule is COc1ccc(-c2ccc(=O)n(C(C)C(=O)NCc3ccc(OCc4ccccc4)cc3)n2)cc1. The Morgan fingerprint density at radius 3 is 2.26 bits per heavy atom. The predicted octanol–water partition coefficient (Wildman–Crippen LogP) is 4.38. The number of hydrogen-bond acceptors (Lipinski definition) is 5. The number of carbonyl (C=O) groups excluding carboxylic acids is 1. The van der Waals surface area contributed by atoms with Crippen LogP contribution in [0.5, 0.6) is 11.5 Å². The number of rotatable bonds is 9. The lowest BCUT2D eigenvalue weighted by atomic mass is 10.1. The topological polar surface area (TPSA) is 82.5 Å². The molecular weight excluding hydrogens is 442 g/mol. The zero-order valence-electron chi connectivity index (χ0n) is 19.7. The van der Waals surface area contributed by atoms with E-state index < -0.39 is 6.04 Å².